The number of nitriles is 1. The minimum atomic E-state index is -4.65. The van der Waals surface area contributed by atoms with Crippen molar-refractivity contribution in [1.82, 2.24) is 4.98 Å². The maximum atomic E-state index is 12.9. The van der Waals surface area contributed by atoms with Crippen molar-refractivity contribution in [3.05, 3.63) is 22.9 Å². The lowest BCUT2D eigenvalue weighted by Crippen LogP contribution is -2.18. The highest BCUT2D eigenvalue weighted by atomic mass is 32.2. The number of hydrogen-bond donors (Lipinski definition) is 0. The average molecular weight is 318 g/mol. The number of rotatable bonds is 4. The molecule has 1 aromatic rings. The third-order valence-electron chi connectivity index (χ3n) is 2.44. The van der Waals surface area contributed by atoms with Crippen LogP contribution in [0, 0.1) is 18.3 Å². The van der Waals surface area contributed by atoms with Gasteiger partial charge in [-0.1, -0.05) is 11.8 Å². The molecule has 0 saturated heterocycles. The van der Waals surface area contributed by atoms with Gasteiger partial charge < -0.3 is 4.74 Å². The molecule has 21 heavy (non-hydrogen) atoms. The number of pyridine rings is 1. The molecule has 0 amide bonds. The summed E-state index contributed by atoms with van der Waals surface area (Å²) >= 11 is 0.779. The van der Waals surface area contributed by atoms with E-state index in [2.05, 4.69) is 4.98 Å². The molecule has 1 unspecified atom stereocenters. The summed E-state index contributed by atoms with van der Waals surface area (Å²) in [6.45, 7) is 4.68. The third-order valence-corrected chi connectivity index (χ3v) is 3.50. The number of ether oxygens (including phenoxy) is 1. The number of aryl methyl sites for hydroxylation is 1. The van der Waals surface area contributed by atoms with E-state index < -0.39 is 28.5 Å². The number of aromatic nitrogens is 1. The zero-order valence-corrected chi connectivity index (χ0v) is 12.4. The SMILES string of the molecule is CCOC(=O)C(C)Sc1nc(C)cc(C(F)(F)F)c1C#N. The highest BCUT2D eigenvalue weighted by Crippen LogP contribution is 2.36. The molecule has 4 nitrogen and oxygen atoms in total. The second kappa shape index (κ2) is 6.80. The molecule has 0 N–H and O–H groups in total. The molecule has 1 atom stereocenters. The summed E-state index contributed by atoms with van der Waals surface area (Å²) in [6, 6.07) is 2.34. The first-order chi connectivity index (χ1) is 9.70. The number of hydrogen-bond acceptors (Lipinski definition) is 5. The Morgan fingerprint density at radius 2 is 2.19 bits per heavy atom. The van der Waals surface area contributed by atoms with Crippen LogP contribution in [0.2, 0.25) is 0 Å². The molecule has 0 aliphatic heterocycles. The first-order valence-electron chi connectivity index (χ1n) is 6.02. The zero-order chi connectivity index (χ0) is 16.2. The van der Waals surface area contributed by atoms with Crippen molar-refractivity contribution in [1.29, 1.82) is 5.26 Å². The fourth-order valence-electron chi connectivity index (χ4n) is 1.54. The zero-order valence-electron chi connectivity index (χ0n) is 11.6. The number of halogens is 3. The van der Waals surface area contributed by atoms with Crippen LogP contribution >= 0.6 is 11.8 Å². The van der Waals surface area contributed by atoms with Crippen LogP contribution in [-0.2, 0) is 15.7 Å². The standard InChI is InChI=1S/C13H13F3N2O2S/c1-4-20-12(19)8(3)21-11-9(6-17)10(13(14,15)16)5-7(2)18-11/h5,8H,4H2,1-3H3. The number of esters is 1. The Kier molecular flexibility index (Phi) is 5.61. The van der Waals surface area contributed by atoms with Gasteiger partial charge in [0.1, 0.15) is 16.3 Å². The molecule has 0 saturated carbocycles. The predicted octanol–water partition coefficient (Wildman–Crippen LogP) is 3.32. The topological polar surface area (TPSA) is 63.0 Å². The van der Waals surface area contributed by atoms with E-state index >= 15 is 0 Å². The van der Waals surface area contributed by atoms with E-state index in [9.17, 15) is 18.0 Å². The summed E-state index contributed by atoms with van der Waals surface area (Å²) in [6.07, 6.45) is -4.65. The molecule has 0 radical (unpaired) electrons. The Bertz CT molecular complexity index is 582. The molecule has 8 heteroatoms. The molecule has 0 aliphatic rings. The van der Waals surface area contributed by atoms with Gasteiger partial charge in [0.2, 0.25) is 0 Å². The van der Waals surface area contributed by atoms with Crippen molar-refractivity contribution < 1.29 is 22.7 Å². The molecule has 114 valence electrons. The van der Waals surface area contributed by atoms with Gasteiger partial charge >= 0.3 is 12.1 Å². The van der Waals surface area contributed by atoms with E-state index in [0.717, 1.165) is 17.8 Å². The molecular weight excluding hydrogens is 305 g/mol. The van der Waals surface area contributed by atoms with Crippen LogP contribution in [0.3, 0.4) is 0 Å². The lowest BCUT2D eigenvalue weighted by atomic mass is 10.1. The van der Waals surface area contributed by atoms with Gasteiger partial charge in [-0.15, -0.1) is 0 Å². The van der Waals surface area contributed by atoms with Crippen LogP contribution in [0.1, 0.15) is 30.7 Å². The Morgan fingerprint density at radius 1 is 1.57 bits per heavy atom. The molecule has 0 aromatic carbocycles. The summed E-state index contributed by atoms with van der Waals surface area (Å²) in [5, 5.41) is 8.11. The van der Waals surface area contributed by atoms with Crippen molar-refractivity contribution in [2.75, 3.05) is 6.61 Å². The second-order valence-electron chi connectivity index (χ2n) is 4.11. The van der Waals surface area contributed by atoms with Gasteiger partial charge in [0.05, 0.1) is 17.7 Å². The Labute approximate surface area is 124 Å². The van der Waals surface area contributed by atoms with Crippen molar-refractivity contribution in [2.24, 2.45) is 0 Å². The largest absolute Gasteiger partial charge is 0.465 e. The highest BCUT2D eigenvalue weighted by molar-refractivity contribution is 8.00. The minimum Gasteiger partial charge on any atom is -0.465 e. The van der Waals surface area contributed by atoms with Crippen molar-refractivity contribution in [2.45, 2.75) is 37.2 Å². The van der Waals surface area contributed by atoms with Gasteiger partial charge in [-0.25, -0.2) is 4.98 Å². The monoisotopic (exact) mass is 318 g/mol. The van der Waals surface area contributed by atoms with E-state index in [1.807, 2.05) is 0 Å². The summed E-state index contributed by atoms with van der Waals surface area (Å²) in [7, 11) is 0. The van der Waals surface area contributed by atoms with Gasteiger partial charge in [-0.3, -0.25) is 4.79 Å². The van der Waals surface area contributed by atoms with Crippen LogP contribution in [-0.4, -0.2) is 22.8 Å². The Balaban J connectivity index is 3.22. The number of carbonyl (C=O) groups excluding carboxylic acids is 1. The van der Waals surface area contributed by atoms with Gasteiger partial charge in [0.15, 0.2) is 0 Å². The maximum Gasteiger partial charge on any atom is 0.417 e. The molecular formula is C13H13F3N2O2S. The number of carbonyl (C=O) groups is 1. The molecule has 0 spiro atoms. The second-order valence-corrected chi connectivity index (χ2v) is 5.44. The first-order valence-corrected chi connectivity index (χ1v) is 6.90. The lowest BCUT2D eigenvalue weighted by molar-refractivity contribution is -0.142. The van der Waals surface area contributed by atoms with E-state index in [0.29, 0.717) is 0 Å². The van der Waals surface area contributed by atoms with E-state index in [1.54, 1.807) is 6.92 Å². The molecule has 0 aliphatic carbocycles. The maximum absolute atomic E-state index is 12.9. The number of thioether (sulfide) groups is 1. The van der Waals surface area contributed by atoms with Gasteiger partial charge in [-0.2, -0.15) is 18.4 Å². The van der Waals surface area contributed by atoms with Crippen LogP contribution < -0.4 is 0 Å². The smallest absolute Gasteiger partial charge is 0.417 e. The summed E-state index contributed by atoms with van der Waals surface area (Å²) in [5.41, 5.74) is -1.50. The third kappa shape index (κ3) is 4.36. The minimum absolute atomic E-state index is 0.120. The van der Waals surface area contributed by atoms with Crippen LogP contribution in [0.5, 0.6) is 0 Å². The predicted molar refractivity (Wildman–Crippen MR) is 70.6 cm³/mol. The van der Waals surface area contributed by atoms with Crippen LogP contribution in [0.15, 0.2) is 11.1 Å². The quantitative estimate of drug-likeness (QED) is 0.629. The molecule has 0 fully saturated rings. The summed E-state index contributed by atoms with van der Waals surface area (Å²) in [4.78, 5) is 15.5. The Morgan fingerprint density at radius 3 is 2.67 bits per heavy atom. The van der Waals surface area contributed by atoms with Gasteiger partial charge in [0, 0.05) is 5.69 Å². The average Bonchev–Trinajstić information content (AvgIpc) is 2.37. The first kappa shape index (κ1) is 17.3. The summed E-state index contributed by atoms with van der Waals surface area (Å²) < 4.78 is 43.6. The number of nitrogens with zero attached hydrogens (tertiary/aromatic N) is 2. The van der Waals surface area contributed by atoms with E-state index in [-0.39, 0.29) is 17.3 Å². The van der Waals surface area contributed by atoms with Crippen LogP contribution in [0.4, 0.5) is 13.2 Å². The van der Waals surface area contributed by atoms with Crippen molar-refractivity contribution in [3.63, 3.8) is 0 Å². The van der Waals surface area contributed by atoms with E-state index in [1.165, 1.54) is 19.9 Å². The van der Waals surface area contributed by atoms with Gasteiger partial charge in [-0.05, 0) is 26.8 Å². The fraction of sp³-hybridized carbons (Fsp3) is 0.462. The summed E-state index contributed by atoms with van der Waals surface area (Å²) in [5.74, 6) is -0.566. The molecule has 0 bridgehead atoms. The normalized spacial score (nSPS) is 12.6. The highest BCUT2D eigenvalue weighted by Gasteiger charge is 2.36. The fourth-order valence-corrected chi connectivity index (χ4v) is 2.51. The van der Waals surface area contributed by atoms with Gasteiger partial charge in [0.25, 0.3) is 0 Å². The van der Waals surface area contributed by atoms with Crippen LogP contribution in [0.25, 0.3) is 0 Å². The molecule has 1 aromatic heterocycles. The van der Waals surface area contributed by atoms with Crippen molar-refractivity contribution >= 4 is 17.7 Å². The number of alkyl halides is 3. The lowest BCUT2D eigenvalue weighted by Gasteiger charge is -2.15. The Hall–Kier alpha value is -1.75. The molecule has 1 rings (SSSR count). The molecule has 1 heterocycles. The van der Waals surface area contributed by atoms with Crippen molar-refractivity contribution in [3.8, 4) is 6.07 Å². The van der Waals surface area contributed by atoms with E-state index in [4.69, 9.17) is 10.00 Å².